The van der Waals surface area contributed by atoms with Crippen molar-refractivity contribution in [2.45, 2.75) is 4.90 Å². The van der Waals surface area contributed by atoms with E-state index in [0.29, 0.717) is 0 Å². The number of rotatable bonds is 7. The summed E-state index contributed by atoms with van der Waals surface area (Å²) in [4.78, 5) is 5.91. The van der Waals surface area contributed by atoms with Gasteiger partial charge in [0.15, 0.2) is 0 Å². The number of thioether (sulfide) groups is 1. The maximum Gasteiger partial charge on any atom is 0.119 e. The monoisotopic (exact) mass is 375 g/mol. The number of allylic oxidation sites excluding steroid dienone is 1. The Morgan fingerprint density at radius 3 is 2.26 bits per heavy atom. The number of nitrogens with zero attached hydrogens (tertiary/aromatic N) is 1. The van der Waals surface area contributed by atoms with Gasteiger partial charge in [-0.1, -0.05) is 36.0 Å². The van der Waals surface area contributed by atoms with E-state index >= 15 is 0 Å². The first-order valence-electron chi connectivity index (χ1n) is 8.54. The molecule has 0 aliphatic carbocycles. The zero-order valence-corrected chi connectivity index (χ0v) is 16.1. The Morgan fingerprint density at radius 2 is 1.56 bits per heavy atom. The van der Waals surface area contributed by atoms with E-state index in [2.05, 4.69) is 6.07 Å². The maximum atomic E-state index is 5.28. The second-order valence-electron chi connectivity index (χ2n) is 5.66. The standard InChI is InChI=1S/C23H21NO2S/c1-25-20-13-11-18(12-14-20)23(24-19-7-4-3-5-8-19)15-16-27-22-10-6-9-21(17-22)26-2/h3-17H,1-2H3. The van der Waals surface area contributed by atoms with Crippen LogP contribution in [0.15, 0.2) is 100 Å². The Labute approximate surface area is 164 Å². The second kappa shape index (κ2) is 9.64. The first-order chi connectivity index (χ1) is 13.3. The summed E-state index contributed by atoms with van der Waals surface area (Å²) in [5.41, 5.74) is 2.83. The molecule has 3 nitrogen and oxygen atoms in total. The molecule has 3 aromatic rings. The fraction of sp³-hybridized carbons (Fsp3) is 0.0870. The Kier molecular flexibility index (Phi) is 6.72. The molecule has 0 spiro atoms. The van der Waals surface area contributed by atoms with Crippen LogP contribution in [0.4, 0.5) is 5.69 Å². The van der Waals surface area contributed by atoms with E-state index in [0.717, 1.165) is 33.4 Å². The normalized spacial score (nSPS) is 11.6. The molecular weight excluding hydrogens is 354 g/mol. The fourth-order valence-electron chi connectivity index (χ4n) is 2.45. The van der Waals surface area contributed by atoms with Crippen molar-refractivity contribution in [1.29, 1.82) is 0 Å². The smallest absolute Gasteiger partial charge is 0.119 e. The van der Waals surface area contributed by atoms with Gasteiger partial charge in [0, 0.05) is 10.5 Å². The van der Waals surface area contributed by atoms with E-state index in [1.54, 1.807) is 26.0 Å². The molecule has 3 rings (SSSR count). The highest BCUT2D eigenvalue weighted by Crippen LogP contribution is 2.24. The van der Waals surface area contributed by atoms with Gasteiger partial charge in [0.05, 0.1) is 25.6 Å². The van der Waals surface area contributed by atoms with Crippen LogP contribution in [-0.2, 0) is 0 Å². The highest BCUT2D eigenvalue weighted by Gasteiger charge is 2.02. The fourth-order valence-corrected chi connectivity index (χ4v) is 3.15. The largest absolute Gasteiger partial charge is 0.497 e. The van der Waals surface area contributed by atoms with Gasteiger partial charge in [-0.25, -0.2) is 4.99 Å². The quantitative estimate of drug-likeness (QED) is 0.368. The molecule has 0 saturated carbocycles. The van der Waals surface area contributed by atoms with Gasteiger partial charge < -0.3 is 9.47 Å². The molecule has 0 N–H and O–H groups in total. The Bertz CT molecular complexity index is 919. The van der Waals surface area contributed by atoms with Crippen molar-refractivity contribution in [2.24, 2.45) is 4.99 Å². The molecule has 0 fully saturated rings. The number of ether oxygens (including phenoxy) is 2. The van der Waals surface area contributed by atoms with Crippen molar-refractivity contribution >= 4 is 23.2 Å². The van der Waals surface area contributed by atoms with Gasteiger partial charge >= 0.3 is 0 Å². The van der Waals surface area contributed by atoms with Crippen LogP contribution in [0.2, 0.25) is 0 Å². The van der Waals surface area contributed by atoms with Gasteiger partial charge in [0.25, 0.3) is 0 Å². The summed E-state index contributed by atoms with van der Waals surface area (Å²) in [5.74, 6) is 1.68. The van der Waals surface area contributed by atoms with Crippen LogP contribution in [0.1, 0.15) is 5.56 Å². The molecule has 0 aliphatic heterocycles. The molecule has 136 valence electrons. The SMILES string of the molecule is COc1ccc(C(C=CSc2cccc(OC)c2)=Nc2ccccc2)cc1. The second-order valence-corrected chi connectivity index (χ2v) is 6.64. The van der Waals surface area contributed by atoms with Crippen molar-refractivity contribution in [1.82, 2.24) is 0 Å². The molecular formula is C23H21NO2S. The summed E-state index contributed by atoms with van der Waals surface area (Å²) in [5, 5.41) is 2.04. The van der Waals surface area contributed by atoms with Gasteiger partial charge in [-0.15, -0.1) is 0 Å². The summed E-state index contributed by atoms with van der Waals surface area (Å²) in [7, 11) is 3.34. The van der Waals surface area contributed by atoms with E-state index < -0.39 is 0 Å². The van der Waals surface area contributed by atoms with E-state index in [4.69, 9.17) is 14.5 Å². The number of aliphatic imine (C=N–C) groups is 1. The van der Waals surface area contributed by atoms with Crippen molar-refractivity contribution in [3.8, 4) is 11.5 Å². The number of hydrogen-bond donors (Lipinski definition) is 0. The van der Waals surface area contributed by atoms with Gasteiger partial charge in [-0.3, -0.25) is 0 Å². The molecule has 0 saturated heterocycles. The minimum atomic E-state index is 0.826. The first-order valence-corrected chi connectivity index (χ1v) is 9.42. The third-order valence-corrected chi connectivity index (χ3v) is 4.66. The summed E-state index contributed by atoms with van der Waals surface area (Å²) in [6, 6.07) is 25.8. The van der Waals surface area contributed by atoms with E-state index in [1.807, 2.05) is 84.3 Å². The van der Waals surface area contributed by atoms with Gasteiger partial charge in [0.2, 0.25) is 0 Å². The van der Waals surface area contributed by atoms with Crippen molar-refractivity contribution < 1.29 is 9.47 Å². The van der Waals surface area contributed by atoms with Gasteiger partial charge in [0.1, 0.15) is 11.5 Å². The molecule has 0 aromatic heterocycles. The lowest BCUT2D eigenvalue weighted by molar-refractivity contribution is 0.413. The molecule has 4 heteroatoms. The lowest BCUT2D eigenvalue weighted by Crippen LogP contribution is -1.96. The topological polar surface area (TPSA) is 30.8 Å². The maximum absolute atomic E-state index is 5.28. The molecule has 0 unspecified atom stereocenters. The first kappa shape index (κ1) is 18.8. The summed E-state index contributed by atoms with van der Waals surface area (Å²) >= 11 is 1.63. The molecule has 27 heavy (non-hydrogen) atoms. The van der Waals surface area contributed by atoms with E-state index in [1.165, 1.54) is 0 Å². The zero-order valence-electron chi connectivity index (χ0n) is 15.3. The van der Waals surface area contributed by atoms with Crippen LogP contribution in [0.5, 0.6) is 11.5 Å². The number of hydrogen-bond acceptors (Lipinski definition) is 4. The number of methoxy groups -OCH3 is 2. The van der Waals surface area contributed by atoms with Gasteiger partial charge in [-0.05, 0) is 66.1 Å². The molecule has 3 aromatic carbocycles. The molecule has 0 bridgehead atoms. The predicted molar refractivity (Wildman–Crippen MR) is 114 cm³/mol. The predicted octanol–water partition coefficient (Wildman–Crippen LogP) is 6.13. The molecule has 0 amide bonds. The minimum absolute atomic E-state index is 0.826. The summed E-state index contributed by atoms with van der Waals surface area (Å²) in [6.45, 7) is 0. The lowest BCUT2D eigenvalue weighted by atomic mass is 10.1. The van der Waals surface area contributed by atoms with Crippen molar-refractivity contribution in [3.05, 3.63) is 95.9 Å². The lowest BCUT2D eigenvalue weighted by Gasteiger charge is -2.05. The van der Waals surface area contributed by atoms with Crippen LogP contribution >= 0.6 is 11.8 Å². The summed E-state index contributed by atoms with van der Waals surface area (Å²) in [6.07, 6.45) is 2.03. The van der Waals surface area contributed by atoms with Crippen LogP contribution in [0.3, 0.4) is 0 Å². The average Bonchev–Trinajstić information content (AvgIpc) is 2.74. The van der Waals surface area contributed by atoms with Crippen molar-refractivity contribution in [3.63, 3.8) is 0 Å². The van der Waals surface area contributed by atoms with E-state index in [-0.39, 0.29) is 0 Å². The molecule has 0 radical (unpaired) electrons. The number of para-hydroxylation sites is 1. The van der Waals surface area contributed by atoms with Crippen LogP contribution < -0.4 is 9.47 Å². The molecule has 0 atom stereocenters. The van der Waals surface area contributed by atoms with Crippen LogP contribution in [0, 0.1) is 0 Å². The Hall–Kier alpha value is -2.98. The zero-order chi connectivity index (χ0) is 18.9. The average molecular weight is 375 g/mol. The Morgan fingerprint density at radius 1 is 0.815 bits per heavy atom. The minimum Gasteiger partial charge on any atom is -0.497 e. The van der Waals surface area contributed by atoms with Crippen LogP contribution in [0.25, 0.3) is 0 Å². The Balaban J connectivity index is 1.85. The summed E-state index contributed by atoms with van der Waals surface area (Å²) < 4.78 is 10.5. The third kappa shape index (κ3) is 5.50. The highest BCUT2D eigenvalue weighted by molar-refractivity contribution is 8.02. The molecule has 0 aliphatic rings. The number of benzene rings is 3. The molecule has 0 heterocycles. The third-order valence-electron chi connectivity index (χ3n) is 3.86. The van der Waals surface area contributed by atoms with E-state index in [9.17, 15) is 0 Å². The highest BCUT2D eigenvalue weighted by atomic mass is 32.2. The van der Waals surface area contributed by atoms with Crippen LogP contribution in [-0.4, -0.2) is 19.9 Å². The van der Waals surface area contributed by atoms with Crippen molar-refractivity contribution in [2.75, 3.05) is 14.2 Å². The van der Waals surface area contributed by atoms with Gasteiger partial charge in [-0.2, -0.15) is 0 Å².